The van der Waals surface area contributed by atoms with Crippen molar-refractivity contribution in [1.29, 1.82) is 0 Å². The molecule has 1 unspecified atom stereocenters. The minimum Gasteiger partial charge on any atom is -0.495 e. The number of ether oxygens (including phenoxy) is 1. The van der Waals surface area contributed by atoms with E-state index < -0.39 is 16.8 Å². The molecule has 21 heavy (non-hydrogen) atoms. The van der Waals surface area contributed by atoms with Gasteiger partial charge in [-0.15, -0.1) is 0 Å². The molecule has 0 aromatic heterocycles. The van der Waals surface area contributed by atoms with Gasteiger partial charge in [-0.2, -0.15) is 0 Å². The summed E-state index contributed by atoms with van der Waals surface area (Å²) in [4.78, 5) is 11.5. The lowest BCUT2D eigenvalue weighted by Crippen LogP contribution is -2.06. The lowest BCUT2D eigenvalue weighted by atomic mass is 10.1. The third-order valence-electron chi connectivity index (χ3n) is 3.06. The number of carboxylic acid groups (broad SMARTS) is 1. The number of carbonyl (C=O) groups is 1. The molecule has 0 amide bonds. The van der Waals surface area contributed by atoms with Gasteiger partial charge in [0.2, 0.25) is 0 Å². The van der Waals surface area contributed by atoms with Crippen LogP contribution >= 0.6 is 0 Å². The Labute approximate surface area is 125 Å². The number of hydrogen-bond acceptors (Lipinski definition) is 3. The molecule has 0 spiro atoms. The lowest BCUT2D eigenvalue weighted by molar-refractivity contribution is -0.136. The predicted molar refractivity (Wildman–Crippen MR) is 80.9 cm³/mol. The van der Waals surface area contributed by atoms with Crippen molar-refractivity contribution < 1.29 is 18.8 Å². The second kappa shape index (κ2) is 7.04. The second-order valence-corrected chi connectivity index (χ2v) is 5.90. The zero-order valence-corrected chi connectivity index (χ0v) is 12.4. The van der Waals surface area contributed by atoms with Gasteiger partial charge in [-0.1, -0.05) is 36.4 Å². The smallest absolute Gasteiger partial charge is 0.307 e. The maximum atomic E-state index is 12.5. The molecule has 5 heteroatoms. The average molecular weight is 304 g/mol. The molecule has 0 heterocycles. The Morgan fingerprint density at radius 2 is 1.71 bits per heavy atom. The van der Waals surface area contributed by atoms with Crippen LogP contribution in [0, 0.1) is 0 Å². The number of rotatable bonds is 6. The van der Waals surface area contributed by atoms with Gasteiger partial charge >= 0.3 is 5.97 Å². The maximum Gasteiger partial charge on any atom is 0.307 e. The maximum absolute atomic E-state index is 12.5. The van der Waals surface area contributed by atoms with Crippen molar-refractivity contribution >= 4 is 16.8 Å². The highest BCUT2D eigenvalue weighted by atomic mass is 32.2. The monoisotopic (exact) mass is 304 g/mol. The minimum absolute atomic E-state index is 0.0701. The predicted octanol–water partition coefficient (Wildman–Crippen LogP) is 2.63. The molecule has 0 aliphatic heterocycles. The number of benzene rings is 2. The van der Waals surface area contributed by atoms with Gasteiger partial charge in [-0.3, -0.25) is 9.00 Å². The van der Waals surface area contributed by atoms with Crippen LogP contribution < -0.4 is 4.74 Å². The Morgan fingerprint density at radius 1 is 1.10 bits per heavy atom. The Bertz CT molecular complexity index is 667. The van der Waals surface area contributed by atoms with E-state index in [-0.39, 0.29) is 12.2 Å². The van der Waals surface area contributed by atoms with Crippen LogP contribution in [0.25, 0.3) is 0 Å². The topological polar surface area (TPSA) is 63.6 Å². The van der Waals surface area contributed by atoms with E-state index in [9.17, 15) is 9.00 Å². The van der Waals surface area contributed by atoms with Crippen molar-refractivity contribution in [3.05, 3.63) is 59.7 Å². The van der Waals surface area contributed by atoms with Crippen LogP contribution in [0.5, 0.6) is 5.75 Å². The molecule has 0 bridgehead atoms. The molecule has 2 rings (SSSR count). The summed E-state index contributed by atoms with van der Waals surface area (Å²) >= 11 is 0. The average Bonchev–Trinajstić information content (AvgIpc) is 2.48. The summed E-state index contributed by atoms with van der Waals surface area (Å²) in [5.74, 6) is -0.0545. The molecule has 2 aromatic rings. The van der Waals surface area contributed by atoms with E-state index in [1.54, 1.807) is 30.3 Å². The van der Waals surface area contributed by atoms with Gasteiger partial charge in [0.1, 0.15) is 5.75 Å². The molecule has 4 nitrogen and oxygen atoms in total. The van der Waals surface area contributed by atoms with E-state index in [1.807, 2.05) is 18.2 Å². The van der Waals surface area contributed by atoms with Crippen molar-refractivity contribution in [3.63, 3.8) is 0 Å². The van der Waals surface area contributed by atoms with Crippen molar-refractivity contribution in [2.24, 2.45) is 0 Å². The third kappa shape index (κ3) is 3.92. The van der Waals surface area contributed by atoms with Gasteiger partial charge in [0.05, 0.1) is 35.0 Å². The highest BCUT2D eigenvalue weighted by Gasteiger charge is 2.13. The molecule has 1 atom stereocenters. The summed E-state index contributed by atoms with van der Waals surface area (Å²) in [7, 11) is 0.247. The van der Waals surface area contributed by atoms with Crippen LogP contribution in [0.4, 0.5) is 0 Å². The van der Waals surface area contributed by atoms with Crippen molar-refractivity contribution in [2.45, 2.75) is 17.1 Å². The molecule has 0 saturated heterocycles. The van der Waals surface area contributed by atoms with Gasteiger partial charge in [0.15, 0.2) is 0 Å². The van der Waals surface area contributed by atoms with E-state index in [0.29, 0.717) is 16.2 Å². The Hall–Kier alpha value is -2.14. The van der Waals surface area contributed by atoms with Crippen molar-refractivity contribution in [1.82, 2.24) is 0 Å². The van der Waals surface area contributed by atoms with Crippen LogP contribution in [0.3, 0.4) is 0 Å². The Kier molecular flexibility index (Phi) is 5.11. The van der Waals surface area contributed by atoms with Gasteiger partial charge in [-0.25, -0.2) is 0 Å². The first-order valence-corrected chi connectivity index (χ1v) is 7.73. The van der Waals surface area contributed by atoms with E-state index in [1.165, 1.54) is 7.11 Å². The molecular weight excluding hydrogens is 288 g/mol. The van der Waals surface area contributed by atoms with Gasteiger partial charge < -0.3 is 9.84 Å². The molecular formula is C16H16O4S. The standard InChI is InChI=1S/C16H16O4S/c1-20-14-8-4-5-9-15(14)21(19)11-13-7-3-2-6-12(13)10-16(17)18/h2-9H,10-11H2,1H3,(H,17,18). The summed E-state index contributed by atoms with van der Waals surface area (Å²) in [6.45, 7) is 0. The van der Waals surface area contributed by atoms with Gasteiger partial charge in [-0.05, 0) is 23.3 Å². The molecule has 2 aromatic carbocycles. The van der Waals surface area contributed by atoms with E-state index >= 15 is 0 Å². The van der Waals surface area contributed by atoms with Crippen LogP contribution in [0.2, 0.25) is 0 Å². The fourth-order valence-corrected chi connectivity index (χ4v) is 3.39. The first kappa shape index (κ1) is 15.3. The second-order valence-electron chi connectivity index (χ2n) is 4.48. The number of carboxylic acids is 1. The molecule has 0 aliphatic carbocycles. The van der Waals surface area contributed by atoms with Crippen LogP contribution in [0.1, 0.15) is 11.1 Å². The molecule has 0 saturated carbocycles. The van der Waals surface area contributed by atoms with Gasteiger partial charge in [0.25, 0.3) is 0 Å². The van der Waals surface area contributed by atoms with Crippen molar-refractivity contribution in [2.75, 3.05) is 7.11 Å². The number of hydrogen-bond donors (Lipinski definition) is 1. The fraction of sp³-hybridized carbons (Fsp3) is 0.188. The number of methoxy groups -OCH3 is 1. The molecule has 0 aliphatic rings. The summed E-state index contributed by atoms with van der Waals surface area (Å²) in [5, 5.41) is 8.93. The zero-order valence-electron chi connectivity index (χ0n) is 11.6. The van der Waals surface area contributed by atoms with Gasteiger partial charge in [0, 0.05) is 0 Å². The lowest BCUT2D eigenvalue weighted by Gasteiger charge is -2.10. The zero-order chi connectivity index (χ0) is 15.2. The summed E-state index contributed by atoms with van der Waals surface area (Å²) < 4.78 is 17.7. The molecule has 0 fully saturated rings. The SMILES string of the molecule is COc1ccccc1S(=O)Cc1ccccc1CC(=O)O. The van der Waals surface area contributed by atoms with Crippen LogP contribution in [-0.4, -0.2) is 22.4 Å². The fourth-order valence-electron chi connectivity index (χ4n) is 2.06. The quantitative estimate of drug-likeness (QED) is 0.891. The van der Waals surface area contributed by atoms with E-state index in [2.05, 4.69) is 0 Å². The third-order valence-corrected chi connectivity index (χ3v) is 4.46. The highest BCUT2D eigenvalue weighted by molar-refractivity contribution is 7.84. The van der Waals surface area contributed by atoms with Crippen molar-refractivity contribution in [3.8, 4) is 5.75 Å². The highest BCUT2D eigenvalue weighted by Crippen LogP contribution is 2.24. The Balaban J connectivity index is 2.26. The first-order valence-electron chi connectivity index (χ1n) is 6.41. The Morgan fingerprint density at radius 3 is 2.38 bits per heavy atom. The molecule has 1 N–H and O–H groups in total. The largest absolute Gasteiger partial charge is 0.495 e. The van der Waals surface area contributed by atoms with Crippen LogP contribution in [0.15, 0.2) is 53.4 Å². The summed E-state index contributed by atoms with van der Waals surface area (Å²) in [5.41, 5.74) is 1.47. The number of para-hydroxylation sites is 1. The first-order chi connectivity index (χ1) is 10.1. The normalized spacial score (nSPS) is 11.9. The minimum atomic E-state index is -1.29. The van der Waals surface area contributed by atoms with Crippen LogP contribution in [-0.2, 0) is 27.8 Å². The summed E-state index contributed by atoms with van der Waals surface area (Å²) in [6, 6.07) is 14.3. The van der Waals surface area contributed by atoms with E-state index in [4.69, 9.17) is 9.84 Å². The number of aliphatic carboxylic acids is 1. The molecule has 0 radical (unpaired) electrons. The van der Waals surface area contributed by atoms with E-state index in [0.717, 1.165) is 5.56 Å². The summed E-state index contributed by atoms with van der Waals surface area (Å²) in [6.07, 6.45) is -0.0701. The molecule has 110 valence electrons.